The molecule has 0 saturated carbocycles. The summed E-state index contributed by atoms with van der Waals surface area (Å²) in [5.41, 5.74) is 6.84. The minimum Gasteiger partial charge on any atom is -0.397 e. The van der Waals surface area contributed by atoms with Gasteiger partial charge in [0.2, 0.25) is 0 Å². The summed E-state index contributed by atoms with van der Waals surface area (Å²) in [5.74, 6) is -0.855. The standard InChI is InChI=1S/C14H15ClFN3O/c1-8(2)19-7-10(17)6-13(19)14(20)18-12-5-9(16)3-4-11(12)15/h3-8H,17H2,1-2H3,(H,18,20). The molecule has 0 unspecified atom stereocenters. The molecule has 1 aromatic carbocycles. The van der Waals surface area contributed by atoms with Gasteiger partial charge >= 0.3 is 0 Å². The van der Waals surface area contributed by atoms with E-state index in [4.69, 9.17) is 17.3 Å². The molecule has 0 bridgehead atoms. The minimum atomic E-state index is -0.469. The van der Waals surface area contributed by atoms with Crippen LogP contribution in [-0.4, -0.2) is 10.5 Å². The second-order valence-electron chi connectivity index (χ2n) is 4.74. The summed E-state index contributed by atoms with van der Waals surface area (Å²) in [5, 5.41) is 2.86. The highest BCUT2D eigenvalue weighted by Crippen LogP contribution is 2.24. The predicted octanol–water partition coefficient (Wildman–Crippen LogP) is 3.70. The zero-order valence-corrected chi connectivity index (χ0v) is 11.9. The Morgan fingerprint density at radius 3 is 2.75 bits per heavy atom. The smallest absolute Gasteiger partial charge is 0.272 e. The van der Waals surface area contributed by atoms with E-state index in [1.165, 1.54) is 18.2 Å². The molecule has 0 aliphatic heterocycles. The zero-order chi connectivity index (χ0) is 14.9. The van der Waals surface area contributed by atoms with E-state index in [0.717, 1.165) is 0 Å². The number of benzene rings is 1. The lowest BCUT2D eigenvalue weighted by Gasteiger charge is -2.13. The Balaban J connectivity index is 2.31. The van der Waals surface area contributed by atoms with Crippen LogP contribution in [0.25, 0.3) is 0 Å². The fourth-order valence-electron chi connectivity index (χ4n) is 1.89. The van der Waals surface area contributed by atoms with Crippen molar-refractivity contribution in [3.63, 3.8) is 0 Å². The van der Waals surface area contributed by atoms with E-state index in [2.05, 4.69) is 5.32 Å². The third-order valence-electron chi connectivity index (χ3n) is 2.84. The lowest BCUT2D eigenvalue weighted by atomic mass is 10.3. The molecular weight excluding hydrogens is 281 g/mol. The topological polar surface area (TPSA) is 60.0 Å². The Kier molecular flexibility index (Phi) is 3.99. The first-order chi connectivity index (χ1) is 9.38. The summed E-state index contributed by atoms with van der Waals surface area (Å²) in [7, 11) is 0. The van der Waals surface area contributed by atoms with Gasteiger partial charge in [0.25, 0.3) is 5.91 Å². The lowest BCUT2D eigenvalue weighted by Crippen LogP contribution is -2.18. The van der Waals surface area contributed by atoms with Crippen LogP contribution in [-0.2, 0) is 0 Å². The molecule has 0 spiro atoms. The van der Waals surface area contributed by atoms with Gasteiger partial charge in [0.1, 0.15) is 11.5 Å². The van der Waals surface area contributed by atoms with Crippen LogP contribution in [0.2, 0.25) is 5.02 Å². The molecule has 2 rings (SSSR count). The maximum Gasteiger partial charge on any atom is 0.272 e. The predicted molar refractivity (Wildman–Crippen MR) is 78.6 cm³/mol. The van der Waals surface area contributed by atoms with Crippen LogP contribution in [0.3, 0.4) is 0 Å². The van der Waals surface area contributed by atoms with Gasteiger partial charge in [-0.05, 0) is 38.1 Å². The first-order valence-electron chi connectivity index (χ1n) is 6.12. The maximum atomic E-state index is 13.2. The number of anilines is 2. The average molecular weight is 296 g/mol. The minimum absolute atomic E-state index is 0.0797. The number of carbonyl (C=O) groups is 1. The van der Waals surface area contributed by atoms with Crippen LogP contribution >= 0.6 is 11.6 Å². The number of aromatic nitrogens is 1. The third-order valence-corrected chi connectivity index (χ3v) is 3.16. The highest BCUT2D eigenvalue weighted by Gasteiger charge is 2.16. The molecule has 4 nitrogen and oxygen atoms in total. The molecule has 0 saturated heterocycles. The zero-order valence-electron chi connectivity index (χ0n) is 11.2. The molecule has 0 aliphatic carbocycles. The monoisotopic (exact) mass is 295 g/mol. The second-order valence-corrected chi connectivity index (χ2v) is 5.15. The fourth-order valence-corrected chi connectivity index (χ4v) is 2.05. The second kappa shape index (κ2) is 5.54. The molecule has 6 heteroatoms. The van der Waals surface area contributed by atoms with Crippen molar-refractivity contribution >= 4 is 28.9 Å². The Morgan fingerprint density at radius 1 is 1.40 bits per heavy atom. The Morgan fingerprint density at radius 2 is 2.10 bits per heavy atom. The normalized spacial score (nSPS) is 10.8. The Hall–Kier alpha value is -2.01. The molecule has 1 aromatic heterocycles. The molecule has 0 aliphatic rings. The Bertz CT molecular complexity index is 652. The van der Waals surface area contributed by atoms with Gasteiger partial charge in [0.15, 0.2) is 0 Å². The van der Waals surface area contributed by atoms with Crippen LogP contribution in [0.4, 0.5) is 15.8 Å². The van der Waals surface area contributed by atoms with E-state index in [0.29, 0.717) is 11.4 Å². The van der Waals surface area contributed by atoms with Gasteiger partial charge in [-0.2, -0.15) is 0 Å². The van der Waals surface area contributed by atoms with Gasteiger partial charge in [0, 0.05) is 12.2 Å². The van der Waals surface area contributed by atoms with Gasteiger partial charge in [0.05, 0.1) is 16.4 Å². The van der Waals surface area contributed by atoms with E-state index >= 15 is 0 Å². The SMILES string of the molecule is CC(C)n1cc(N)cc1C(=O)Nc1cc(F)ccc1Cl. The summed E-state index contributed by atoms with van der Waals surface area (Å²) < 4.78 is 14.9. The molecule has 3 N–H and O–H groups in total. The number of halogens is 2. The first kappa shape index (κ1) is 14.4. The van der Waals surface area contributed by atoms with Crippen LogP contribution in [0, 0.1) is 5.82 Å². The molecular formula is C14H15ClFN3O. The van der Waals surface area contributed by atoms with E-state index in [-0.39, 0.29) is 22.7 Å². The fraction of sp³-hybridized carbons (Fsp3) is 0.214. The highest BCUT2D eigenvalue weighted by molar-refractivity contribution is 6.33. The molecule has 20 heavy (non-hydrogen) atoms. The van der Waals surface area contributed by atoms with E-state index in [1.54, 1.807) is 16.8 Å². The number of nitrogen functional groups attached to an aromatic ring is 1. The summed E-state index contributed by atoms with van der Waals surface area (Å²) in [6.45, 7) is 3.87. The van der Waals surface area contributed by atoms with Crippen LogP contribution in [0.1, 0.15) is 30.4 Å². The number of rotatable bonds is 3. The molecule has 0 atom stereocenters. The summed E-state index contributed by atoms with van der Waals surface area (Å²) in [6.07, 6.45) is 1.69. The molecule has 106 valence electrons. The van der Waals surface area contributed by atoms with Crippen molar-refractivity contribution in [3.8, 4) is 0 Å². The molecule has 0 fully saturated rings. The van der Waals surface area contributed by atoms with Crippen molar-refractivity contribution in [1.29, 1.82) is 0 Å². The number of nitrogens with two attached hydrogens (primary N) is 1. The van der Waals surface area contributed by atoms with Crippen LogP contribution in [0.5, 0.6) is 0 Å². The molecule has 1 amide bonds. The van der Waals surface area contributed by atoms with Crippen molar-refractivity contribution < 1.29 is 9.18 Å². The van der Waals surface area contributed by atoms with Crippen LogP contribution < -0.4 is 11.1 Å². The van der Waals surface area contributed by atoms with E-state index in [1.807, 2.05) is 13.8 Å². The largest absolute Gasteiger partial charge is 0.397 e. The van der Waals surface area contributed by atoms with Crippen molar-refractivity contribution in [3.05, 3.63) is 47.0 Å². The molecule has 1 heterocycles. The highest BCUT2D eigenvalue weighted by atomic mass is 35.5. The lowest BCUT2D eigenvalue weighted by molar-refractivity contribution is 0.101. The van der Waals surface area contributed by atoms with Gasteiger partial charge < -0.3 is 15.6 Å². The number of amides is 1. The van der Waals surface area contributed by atoms with Crippen molar-refractivity contribution in [2.45, 2.75) is 19.9 Å². The number of hydrogen-bond acceptors (Lipinski definition) is 2. The van der Waals surface area contributed by atoms with Crippen LogP contribution in [0.15, 0.2) is 30.5 Å². The summed E-state index contributed by atoms with van der Waals surface area (Å²) >= 11 is 5.92. The average Bonchev–Trinajstić information content (AvgIpc) is 2.76. The number of carbonyl (C=O) groups excluding carboxylic acids is 1. The van der Waals surface area contributed by atoms with Gasteiger partial charge in [-0.3, -0.25) is 4.79 Å². The molecule has 0 radical (unpaired) electrons. The van der Waals surface area contributed by atoms with Gasteiger partial charge in [-0.15, -0.1) is 0 Å². The number of nitrogens with zero attached hydrogens (tertiary/aromatic N) is 1. The van der Waals surface area contributed by atoms with E-state index < -0.39 is 5.82 Å². The van der Waals surface area contributed by atoms with Crippen molar-refractivity contribution in [2.24, 2.45) is 0 Å². The summed E-state index contributed by atoms with van der Waals surface area (Å²) in [6, 6.07) is 5.44. The maximum absolute atomic E-state index is 13.2. The van der Waals surface area contributed by atoms with Crippen molar-refractivity contribution in [1.82, 2.24) is 4.57 Å². The first-order valence-corrected chi connectivity index (χ1v) is 6.50. The summed E-state index contributed by atoms with van der Waals surface area (Å²) in [4.78, 5) is 12.2. The number of hydrogen-bond donors (Lipinski definition) is 2. The molecule has 2 aromatic rings. The quantitative estimate of drug-likeness (QED) is 0.907. The van der Waals surface area contributed by atoms with E-state index in [9.17, 15) is 9.18 Å². The third kappa shape index (κ3) is 2.93. The van der Waals surface area contributed by atoms with Crippen molar-refractivity contribution in [2.75, 3.05) is 11.1 Å². The van der Waals surface area contributed by atoms with Gasteiger partial charge in [-0.25, -0.2) is 4.39 Å². The number of nitrogens with one attached hydrogen (secondary N) is 1. The Labute approximate surface area is 121 Å². The van der Waals surface area contributed by atoms with Gasteiger partial charge in [-0.1, -0.05) is 11.6 Å².